The van der Waals surface area contributed by atoms with Gasteiger partial charge in [0.25, 0.3) is 11.9 Å². The Labute approximate surface area is 236 Å². The number of hydrogen-bond donors (Lipinski definition) is 3. The van der Waals surface area contributed by atoms with Crippen LogP contribution in [0.25, 0.3) is 0 Å². The Morgan fingerprint density at radius 3 is 2.92 bits per heavy atom. The molecule has 3 aliphatic rings. The molecule has 204 valence electrons. The second kappa shape index (κ2) is 10.4. The molecule has 0 saturated carbocycles. The first-order chi connectivity index (χ1) is 19.6. The highest BCUT2D eigenvalue weighted by Crippen LogP contribution is 2.31. The van der Waals surface area contributed by atoms with Crippen molar-refractivity contribution in [2.24, 2.45) is 0 Å². The molecular formula is C29H29ClN8O2. The smallest absolute Gasteiger partial charge is 0.299 e. The van der Waals surface area contributed by atoms with Crippen molar-refractivity contribution in [1.82, 2.24) is 24.8 Å². The fraction of sp³-hybridized carbons (Fsp3) is 0.310. The summed E-state index contributed by atoms with van der Waals surface area (Å²) in [7, 11) is 0. The van der Waals surface area contributed by atoms with Crippen LogP contribution in [0, 0.1) is 0 Å². The van der Waals surface area contributed by atoms with E-state index in [9.17, 15) is 4.79 Å². The Morgan fingerprint density at radius 1 is 1.05 bits per heavy atom. The Hall–Kier alpha value is -4.15. The molecule has 6 bridgehead atoms. The number of amides is 1. The number of fused-ring (bicyclic) bond motifs is 7. The molecule has 7 rings (SSSR count). The van der Waals surface area contributed by atoms with Gasteiger partial charge in [-0.25, -0.2) is 4.98 Å². The number of benzene rings is 2. The molecule has 0 spiro atoms. The summed E-state index contributed by atoms with van der Waals surface area (Å²) in [4.78, 5) is 30.9. The van der Waals surface area contributed by atoms with Gasteiger partial charge in [-0.05, 0) is 73.7 Å². The summed E-state index contributed by atoms with van der Waals surface area (Å²) in [5, 5.41) is 10.3. The monoisotopic (exact) mass is 556 g/mol. The number of carbonyl (C=O) groups excluding carboxylic acids is 1. The molecule has 40 heavy (non-hydrogen) atoms. The lowest BCUT2D eigenvalue weighted by molar-refractivity contribution is 0.0566. The first-order valence-electron chi connectivity index (χ1n) is 13.6. The van der Waals surface area contributed by atoms with Gasteiger partial charge in [-0.1, -0.05) is 23.7 Å². The zero-order valence-electron chi connectivity index (χ0n) is 21.9. The predicted molar refractivity (Wildman–Crippen MR) is 154 cm³/mol. The van der Waals surface area contributed by atoms with Gasteiger partial charge in [0.05, 0.1) is 6.20 Å². The van der Waals surface area contributed by atoms with E-state index in [4.69, 9.17) is 16.0 Å². The molecule has 10 nitrogen and oxygen atoms in total. The molecule has 5 heterocycles. The van der Waals surface area contributed by atoms with E-state index in [0.29, 0.717) is 28.5 Å². The van der Waals surface area contributed by atoms with Gasteiger partial charge >= 0.3 is 0 Å². The van der Waals surface area contributed by atoms with Gasteiger partial charge < -0.3 is 25.3 Å². The van der Waals surface area contributed by atoms with Crippen molar-refractivity contribution in [3.05, 3.63) is 76.8 Å². The molecule has 4 aromatic rings. The van der Waals surface area contributed by atoms with Crippen LogP contribution >= 0.6 is 11.6 Å². The number of nitrogens with one attached hydrogen (secondary N) is 3. The lowest BCUT2D eigenvalue weighted by Crippen LogP contribution is -2.52. The van der Waals surface area contributed by atoms with Crippen molar-refractivity contribution in [3.8, 4) is 0 Å². The van der Waals surface area contributed by atoms with E-state index in [-0.39, 0.29) is 11.9 Å². The summed E-state index contributed by atoms with van der Waals surface area (Å²) in [5.41, 5.74) is 5.15. The van der Waals surface area contributed by atoms with Crippen LogP contribution in [0.15, 0.2) is 59.3 Å². The maximum absolute atomic E-state index is 13.2. The third-order valence-corrected chi connectivity index (χ3v) is 8.09. The summed E-state index contributed by atoms with van der Waals surface area (Å²) in [5.74, 6) is 0.889. The number of oxazole rings is 1. The lowest BCUT2D eigenvalue weighted by atomic mass is 10.0. The van der Waals surface area contributed by atoms with Gasteiger partial charge in [0.2, 0.25) is 5.95 Å². The first-order valence-corrected chi connectivity index (χ1v) is 14.0. The van der Waals surface area contributed by atoms with Crippen molar-refractivity contribution in [2.75, 3.05) is 42.1 Å². The van der Waals surface area contributed by atoms with E-state index in [1.807, 2.05) is 29.2 Å². The summed E-state index contributed by atoms with van der Waals surface area (Å²) >= 11 is 6.40. The molecule has 0 aliphatic carbocycles. The van der Waals surface area contributed by atoms with Gasteiger partial charge in [0.1, 0.15) is 11.3 Å². The highest BCUT2D eigenvalue weighted by atomic mass is 35.5. The summed E-state index contributed by atoms with van der Waals surface area (Å²) in [6.45, 7) is 3.53. The topological polar surface area (TPSA) is 111 Å². The Kier molecular flexibility index (Phi) is 6.49. The number of piperazine rings is 1. The predicted octanol–water partition coefficient (Wildman–Crippen LogP) is 5.37. The molecule has 3 N–H and O–H groups in total. The van der Waals surface area contributed by atoms with Crippen molar-refractivity contribution in [2.45, 2.75) is 31.7 Å². The molecule has 2 fully saturated rings. The summed E-state index contributed by atoms with van der Waals surface area (Å²) in [6.07, 6.45) is 6.95. The van der Waals surface area contributed by atoms with Crippen LogP contribution in [-0.4, -0.2) is 62.9 Å². The van der Waals surface area contributed by atoms with Crippen LogP contribution < -0.4 is 16.0 Å². The summed E-state index contributed by atoms with van der Waals surface area (Å²) < 4.78 is 5.71. The minimum Gasteiger partial charge on any atom is -0.431 e. The van der Waals surface area contributed by atoms with Crippen LogP contribution in [0.4, 0.5) is 34.8 Å². The molecular weight excluding hydrogens is 528 g/mol. The molecule has 2 saturated heterocycles. The van der Waals surface area contributed by atoms with E-state index in [0.717, 1.165) is 68.1 Å². The maximum Gasteiger partial charge on any atom is 0.299 e. The molecule has 3 aliphatic heterocycles. The normalized spacial score (nSPS) is 18.4. The van der Waals surface area contributed by atoms with Crippen molar-refractivity contribution in [1.29, 1.82) is 0 Å². The standard InChI is InChI=1S/C29H29ClN8O2/c30-23-15-31-28-33-20-4-1-3-18(13-20)6-7-19-14-21(32-26(23)36-28)8-9-24(19)34-29-35-25(17-40-29)27(39)38-12-11-37-10-2-5-22(37)16-38/h1,3-4,8-9,13-15,17,22H,2,5-7,10-12,16H2,(H,34,35)(H2,31,32,33,36). The number of hydrogen-bond acceptors (Lipinski definition) is 9. The van der Waals surface area contributed by atoms with Crippen LogP contribution in [0.3, 0.4) is 0 Å². The average Bonchev–Trinajstić information content (AvgIpc) is 3.63. The fourth-order valence-corrected chi connectivity index (χ4v) is 5.89. The third kappa shape index (κ3) is 5.07. The van der Waals surface area contributed by atoms with Gasteiger partial charge in [-0.15, -0.1) is 0 Å². The SMILES string of the molecule is O=C(c1coc(Nc2ccc3cc2CCc2cccc(c2)Nc2ncc(Cl)c(n2)N3)n1)N1CCN2CCCC2C1. The second-order valence-corrected chi connectivity index (χ2v) is 10.9. The average molecular weight is 557 g/mol. The minimum atomic E-state index is -0.0803. The van der Waals surface area contributed by atoms with Crippen LogP contribution in [0.5, 0.6) is 0 Å². The Balaban J connectivity index is 1.14. The highest BCUT2D eigenvalue weighted by Gasteiger charge is 2.33. The van der Waals surface area contributed by atoms with E-state index >= 15 is 0 Å². The van der Waals surface area contributed by atoms with Crippen LogP contribution in [-0.2, 0) is 12.8 Å². The van der Waals surface area contributed by atoms with Crippen molar-refractivity contribution in [3.63, 3.8) is 0 Å². The van der Waals surface area contributed by atoms with Crippen LogP contribution in [0.1, 0.15) is 34.5 Å². The zero-order chi connectivity index (χ0) is 27.1. The number of halogens is 1. The molecule has 1 unspecified atom stereocenters. The fourth-order valence-electron chi connectivity index (χ4n) is 5.75. The number of aromatic nitrogens is 3. The van der Waals surface area contributed by atoms with Crippen LogP contribution in [0.2, 0.25) is 5.02 Å². The largest absolute Gasteiger partial charge is 0.431 e. The molecule has 1 atom stereocenters. The van der Waals surface area contributed by atoms with E-state index in [1.54, 1.807) is 6.20 Å². The highest BCUT2D eigenvalue weighted by molar-refractivity contribution is 6.32. The number of carbonyl (C=O) groups is 1. The third-order valence-electron chi connectivity index (χ3n) is 7.82. The second-order valence-electron chi connectivity index (χ2n) is 10.5. The van der Waals surface area contributed by atoms with Gasteiger partial charge in [0.15, 0.2) is 11.5 Å². The van der Waals surface area contributed by atoms with E-state index in [1.165, 1.54) is 18.2 Å². The maximum atomic E-state index is 13.2. The first kappa shape index (κ1) is 24.9. The minimum absolute atomic E-state index is 0.0803. The van der Waals surface area contributed by atoms with Crippen molar-refractivity contribution >= 4 is 52.4 Å². The van der Waals surface area contributed by atoms with Gasteiger partial charge in [0, 0.05) is 42.7 Å². The number of anilines is 6. The molecule has 11 heteroatoms. The molecule has 1 amide bonds. The van der Waals surface area contributed by atoms with Gasteiger partial charge in [-0.3, -0.25) is 9.69 Å². The molecule has 2 aromatic carbocycles. The number of aryl methyl sites for hydroxylation is 2. The zero-order valence-corrected chi connectivity index (χ0v) is 22.6. The summed E-state index contributed by atoms with van der Waals surface area (Å²) in [6, 6.07) is 14.9. The van der Waals surface area contributed by atoms with E-state index < -0.39 is 0 Å². The Bertz CT molecular complexity index is 1570. The Morgan fingerprint density at radius 2 is 1.98 bits per heavy atom. The van der Waals surface area contributed by atoms with Gasteiger partial charge in [-0.2, -0.15) is 9.97 Å². The lowest BCUT2D eigenvalue weighted by Gasteiger charge is -2.37. The molecule has 0 radical (unpaired) electrons. The quantitative estimate of drug-likeness (QED) is 0.307. The number of rotatable bonds is 3. The molecule has 2 aromatic heterocycles. The number of nitrogens with zero attached hydrogens (tertiary/aromatic N) is 5. The van der Waals surface area contributed by atoms with Crippen molar-refractivity contribution < 1.29 is 9.21 Å². The van der Waals surface area contributed by atoms with E-state index in [2.05, 4.69) is 54.0 Å².